The zero-order valence-electron chi connectivity index (χ0n) is 11.3. The van der Waals surface area contributed by atoms with Crippen molar-refractivity contribution in [3.05, 3.63) is 61.3 Å². The third-order valence-corrected chi connectivity index (χ3v) is 2.06. The van der Waals surface area contributed by atoms with E-state index in [2.05, 4.69) is 17.9 Å². The van der Waals surface area contributed by atoms with Crippen molar-refractivity contribution in [2.45, 2.75) is 6.92 Å². The van der Waals surface area contributed by atoms with E-state index in [-0.39, 0.29) is 17.1 Å². The summed E-state index contributed by atoms with van der Waals surface area (Å²) in [6.45, 7) is 8.09. The Kier molecular flexibility index (Phi) is 5.88. The van der Waals surface area contributed by atoms with Gasteiger partial charge in [-0.05, 0) is 19.1 Å². The van der Waals surface area contributed by atoms with Crippen LogP contribution in [-0.2, 0) is 14.3 Å². The summed E-state index contributed by atoms with van der Waals surface area (Å²) in [5.74, 6) is -2.18. The number of esters is 2. The molecule has 0 aromatic heterocycles. The van der Waals surface area contributed by atoms with Gasteiger partial charge in [0.15, 0.2) is 11.6 Å². The van der Waals surface area contributed by atoms with E-state index in [1.165, 1.54) is 19.1 Å². The molecule has 21 heavy (non-hydrogen) atoms. The van der Waals surface area contributed by atoms with E-state index < -0.39 is 17.8 Å². The second kappa shape index (κ2) is 7.64. The van der Waals surface area contributed by atoms with Crippen LogP contribution in [0.4, 0.5) is 4.39 Å². The average Bonchev–Trinajstić information content (AvgIpc) is 2.44. The molecule has 0 heterocycles. The molecule has 0 aliphatic carbocycles. The van der Waals surface area contributed by atoms with Gasteiger partial charge in [-0.25, -0.2) is 14.0 Å². The molecule has 0 amide bonds. The predicted octanol–water partition coefficient (Wildman–Crippen LogP) is 2.89. The molecule has 1 aromatic rings. The van der Waals surface area contributed by atoms with Crippen molar-refractivity contribution in [1.29, 1.82) is 0 Å². The second-order valence-electron chi connectivity index (χ2n) is 3.79. The summed E-state index contributed by atoms with van der Waals surface area (Å²) in [7, 11) is 0. The molecule has 0 N–H and O–H groups in total. The third-order valence-electron chi connectivity index (χ3n) is 2.06. The SMILES string of the molecule is C=CC(=O)O/C=C\Oc1ccc(OC(=O)C(=C)C)cc1F. The van der Waals surface area contributed by atoms with Gasteiger partial charge in [-0.1, -0.05) is 13.2 Å². The number of carbonyl (C=O) groups excluding carboxylic acids is 2. The summed E-state index contributed by atoms with van der Waals surface area (Å²) in [6, 6.07) is 3.60. The van der Waals surface area contributed by atoms with Gasteiger partial charge in [0.05, 0.1) is 0 Å². The van der Waals surface area contributed by atoms with Crippen molar-refractivity contribution < 1.29 is 28.2 Å². The van der Waals surface area contributed by atoms with Gasteiger partial charge in [-0.3, -0.25) is 0 Å². The van der Waals surface area contributed by atoms with Crippen LogP contribution in [-0.4, -0.2) is 11.9 Å². The summed E-state index contributed by atoms with van der Waals surface area (Å²) in [5.41, 5.74) is 0.197. The lowest BCUT2D eigenvalue weighted by Crippen LogP contribution is -2.08. The highest BCUT2D eigenvalue weighted by Gasteiger charge is 2.09. The lowest BCUT2D eigenvalue weighted by atomic mass is 10.3. The second-order valence-corrected chi connectivity index (χ2v) is 3.79. The molecule has 0 saturated carbocycles. The number of hydrogen-bond acceptors (Lipinski definition) is 5. The Balaban J connectivity index is 2.66. The van der Waals surface area contributed by atoms with Crippen LogP contribution in [0.15, 0.2) is 55.5 Å². The summed E-state index contributed by atoms with van der Waals surface area (Å²) in [5, 5.41) is 0. The van der Waals surface area contributed by atoms with Gasteiger partial charge >= 0.3 is 11.9 Å². The minimum atomic E-state index is -0.748. The molecule has 5 nitrogen and oxygen atoms in total. The number of carbonyl (C=O) groups is 2. The fourth-order valence-electron chi connectivity index (χ4n) is 1.08. The molecular formula is C15H13FO5. The largest absolute Gasteiger partial charge is 0.459 e. The van der Waals surface area contributed by atoms with Gasteiger partial charge in [0.25, 0.3) is 0 Å². The summed E-state index contributed by atoms with van der Waals surface area (Å²) in [4.78, 5) is 22.0. The van der Waals surface area contributed by atoms with Gasteiger partial charge in [-0.2, -0.15) is 0 Å². The Labute approximate surface area is 120 Å². The Morgan fingerprint density at radius 3 is 2.57 bits per heavy atom. The average molecular weight is 292 g/mol. The molecule has 0 fully saturated rings. The Bertz CT molecular complexity index is 604. The molecule has 1 rings (SSSR count). The normalized spacial score (nSPS) is 10.0. The van der Waals surface area contributed by atoms with Crippen molar-refractivity contribution >= 4 is 11.9 Å². The molecule has 6 heteroatoms. The van der Waals surface area contributed by atoms with E-state index >= 15 is 0 Å². The highest BCUT2D eigenvalue weighted by Crippen LogP contribution is 2.23. The summed E-state index contributed by atoms with van der Waals surface area (Å²) in [6.07, 6.45) is 2.90. The molecule has 0 unspecified atom stereocenters. The van der Waals surface area contributed by atoms with Crippen molar-refractivity contribution in [2.75, 3.05) is 0 Å². The van der Waals surface area contributed by atoms with Crippen molar-refractivity contribution in [3.63, 3.8) is 0 Å². The number of hydrogen-bond donors (Lipinski definition) is 0. The molecule has 1 aromatic carbocycles. The van der Waals surface area contributed by atoms with Crippen LogP contribution in [0.5, 0.6) is 11.5 Å². The number of benzene rings is 1. The Hall–Kier alpha value is -2.89. The molecule has 0 aliphatic rings. The molecule has 0 aliphatic heterocycles. The van der Waals surface area contributed by atoms with Crippen LogP contribution >= 0.6 is 0 Å². The van der Waals surface area contributed by atoms with E-state index in [1.54, 1.807) is 0 Å². The molecular weight excluding hydrogens is 279 g/mol. The minimum Gasteiger partial charge on any atom is -0.459 e. The van der Waals surface area contributed by atoms with Gasteiger partial charge in [0.2, 0.25) is 0 Å². The fourth-order valence-corrected chi connectivity index (χ4v) is 1.08. The first kappa shape index (κ1) is 16.2. The van der Waals surface area contributed by atoms with Crippen molar-refractivity contribution in [2.24, 2.45) is 0 Å². The van der Waals surface area contributed by atoms with Crippen LogP contribution in [0.2, 0.25) is 0 Å². The van der Waals surface area contributed by atoms with Crippen molar-refractivity contribution in [3.8, 4) is 11.5 Å². The zero-order valence-corrected chi connectivity index (χ0v) is 11.3. The first-order valence-corrected chi connectivity index (χ1v) is 5.76. The lowest BCUT2D eigenvalue weighted by Gasteiger charge is -2.06. The predicted molar refractivity (Wildman–Crippen MR) is 72.9 cm³/mol. The smallest absolute Gasteiger partial charge is 0.338 e. The topological polar surface area (TPSA) is 61.8 Å². The number of rotatable bonds is 6. The number of ether oxygens (including phenoxy) is 3. The lowest BCUT2D eigenvalue weighted by molar-refractivity contribution is -0.132. The Morgan fingerprint density at radius 1 is 1.29 bits per heavy atom. The van der Waals surface area contributed by atoms with Crippen LogP contribution in [0.25, 0.3) is 0 Å². The minimum absolute atomic E-state index is 0.0231. The van der Waals surface area contributed by atoms with Gasteiger partial charge < -0.3 is 14.2 Å². The van der Waals surface area contributed by atoms with Gasteiger partial charge in [0.1, 0.15) is 18.3 Å². The van der Waals surface area contributed by atoms with Gasteiger partial charge in [0, 0.05) is 17.7 Å². The van der Waals surface area contributed by atoms with Crippen LogP contribution in [0, 0.1) is 5.82 Å². The van der Waals surface area contributed by atoms with E-state index in [0.717, 1.165) is 24.7 Å². The summed E-state index contributed by atoms with van der Waals surface area (Å²) >= 11 is 0. The first-order chi connectivity index (χ1) is 9.93. The van der Waals surface area contributed by atoms with Gasteiger partial charge in [-0.15, -0.1) is 0 Å². The molecule has 0 radical (unpaired) electrons. The maximum Gasteiger partial charge on any atom is 0.338 e. The van der Waals surface area contributed by atoms with E-state index in [1.807, 2.05) is 0 Å². The molecule has 0 saturated heterocycles. The van der Waals surface area contributed by atoms with Crippen LogP contribution in [0.1, 0.15) is 6.92 Å². The monoisotopic (exact) mass is 292 g/mol. The maximum atomic E-state index is 13.7. The maximum absolute atomic E-state index is 13.7. The van der Waals surface area contributed by atoms with E-state index in [0.29, 0.717) is 0 Å². The Morgan fingerprint density at radius 2 is 2.00 bits per heavy atom. The van der Waals surface area contributed by atoms with Crippen LogP contribution < -0.4 is 9.47 Å². The zero-order chi connectivity index (χ0) is 15.8. The quantitative estimate of drug-likeness (QED) is 0.349. The first-order valence-electron chi connectivity index (χ1n) is 5.76. The summed E-state index contributed by atoms with van der Waals surface area (Å²) < 4.78 is 27.9. The van der Waals surface area contributed by atoms with E-state index in [4.69, 9.17) is 9.47 Å². The van der Waals surface area contributed by atoms with Crippen molar-refractivity contribution in [1.82, 2.24) is 0 Å². The fraction of sp³-hybridized carbons (Fsp3) is 0.0667. The van der Waals surface area contributed by atoms with E-state index in [9.17, 15) is 14.0 Å². The third kappa shape index (κ3) is 5.32. The molecule has 0 bridgehead atoms. The highest BCUT2D eigenvalue weighted by atomic mass is 19.1. The number of halogens is 1. The van der Waals surface area contributed by atoms with Crippen LogP contribution in [0.3, 0.4) is 0 Å². The highest BCUT2D eigenvalue weighted by molar-refractivity contribution is 5.88. The molecule has 0 atom stereocenters. The molecule has 110 valence electrons. The molecule has 0 spiro atoms. The standard InChI is InChI=1S/C15H13FO5/c1-4-14(17)20-8-7-19-13-6-5-11(9-12(13)16)21-15(18)10(2)3/h4-9H,1-2H2,3H3/b8-7-.